The number of carbonyl (C=O) groups is 1. The first-order valence-corrected chi connectivity index (χ1v) is 15.9. The lowest BCUT2D eigenvalue weighted by Gasteiger charge is -2.45. The molecule has 8 heteroatoms. The van der Waals surface area contributed by atoms with Crippen LogP contribution in [0.5, 0.6) is 5.75 Å². The molecule has 1 aliphatic rings. The van der Waals surface area contributed by atoms with Gasteiger partial charge in [-0.15, -0.1) is 0 Å². The van der Waals surface area contributed by atoms with Gasteiger partial charge in [-0.1, -0.05) is 102 Å². The van der Waals surface area contributed by atoms with E-state index in [1.54, 1.807) is 18.9 Å². The molecule has 1 aliphatic heterocycles. The fraction of sp³-hybridized carbons (Fsp3) is 0.324. The number of benzene rings is 4. The van der Waals surface area contributed by atoms with E-state index in [1.165, 1.54) is 12.5 Å². The van der Waals surface area contributed by atoms with E-state index < -0.39 is 35.8 Å². The second-order valence-electron chi connectivity index (χ2n) is 10.9. The third kappa shape index (κ3) is 9.66. The van der Waals surface area contributed by atoms with Crippen LogP contribution >= 0.6 is 11.8 Å². The second kappa shape index (κ2) is 16.6. The summed E-state index contributed by atoms with van der Waals surface area (Å²) in [6.45, 7) is 4.67. The standard InChI is InChI=1S/C37H40O7S/c1-26-14-20-32(21-15-26)45-37-36(42-24-30-16-18-31(39-3)19-17-30)35(41-23-29-12-8-5-9-13-29)34(43-27(2)38)33(44-37)25-40-22-28-10-6-4-7-11-28/h4-21,33-37H,22-25H2,1-3H3/t33-,34+,35+,36-,37+/m1/s1. The summed E-state index contributed by atoms with van der Waals surface area (Å²) in [6, 6.07) is 35.9. The van der Waals surface area contributed by atoms with Crippen molar-refractivity contribution in [2.45, 2.75) is 68.4 Å². The highest BCUT2D eigenvalue weighted by atomic mass is 32.2. The quantitative estimate of drug-likeness (QED) is 0.137. The van der Waals surface area contributed by atoms with E-state index in [0.29, 0.717) is 19.8 Å². The Morgan fingerprint density at radius 3 is 1.89 bits per heavy atom. The zero-order valence-electron chi connectivity index (χ0n) is 25.9. The first-order chi connectivity index (χ1) is 22.0. The van der Waals surface area contributed by atoms with Crippen molar-refractivity contribution in [1.29, 1.82) is 0 Å². The molecule has 0 unspecified atom stereocenters. The smallest absolute Gasteiger partial charge is 0.303 e. The normalized spacial score (nSPS) is 21.3. The molecule has 4 aromatic rings. The van der Waals surface area contributed by atoms with Crippen molar-refractivity contribution in [3.63, 3.8) is 0 Å². The second-order valence-corrected chi connectivity index (χ2v) is 12.1. The minimum atomic E-state index is -0.766. The molecule has 1 saturated heterocycles. The summed E-state index contributed by atoms with van der Waals surface area (Å²) in [5.74, 6) is 0.341. The van der Waals surface area contributed by atoms with E-state index in [9.17, 15) is 4.79 Å². The van der Waals surface area contributed by atoms with Crippen molar-refractivity contribution in [3.05, 3.63) is 131 Å². The predicted octanol–water partition coefficient (Wildman–Crippen LogP) is 7.14. The van der Waals surface area contributed by atoms with E-state index in [2.05, 4.69) is 31.2 Å². The van der Waals surface area contributed by atoms with Crippen molar-refractivity contribution in [1.82, 2.24) is 0 Å². The van der Waals surface area contributed by atoms with E-state index in [0.717, 1.165) is 27.3 Å². The Bertz CT molecular complexity index is 1450. The fourth-order valence-electron chi connectivity index (χ4n) is 5.11. The molecule has 1 fully saturated rings. The summed E-state index contributed by atoms with van der Waals surface area (Å²) < 4.78 is 37.4. The van der Waals surface area contributed by atoms with Crippen molar-refractivity contribution in [2.75, 3.05) is 13.7 Å². The number of carbonyl (C=O) groups excluding carboxylic acids is 1. The van der Waals surface area contributed by atoms with Crippen LogP contribution in [0.25, 0.3) is 0 Å². The summed E-state index contributed by atoms with van der Waals surface area (Å²) >= 11 is 1.56. The number of thioether (sulfide) groups is 1. The van der Waals surface area contributed by atoms with Crippen molar-refractivity contribution < 1.29 is 33.2 Å². The molecule has 45 heavy (non-hydrogen) atoms. The third-order valence-corrected chi connectivity index (χ3v) is 8.60. The van der Waals surface area contributed by atoms with Crippen LogP contribution < -0.4 is 4.74 Å². The van der Waals surface area contributed by atoms with Crippen LogP contribution in [0.3, 0.4) is 0 Å². The van der Waals surface area contributed by atoms with Crippen molar-refractivity contribution in [3.8, 4) is 5.75 Å². The largest absolute Gasteiger partial charge is 0.497 e. The van der Waals surface area contributed by atoms with Gasteiger partial charge in [-0.25, -0.2) is 0 Å². The van der Waals surface area contributed by atoms with E-state index in [4.69, 9.17) is 28.4 Å². The molecular weight excluding hydrogens is 588 g/mol. The number of hydrogen-bond donors (Lipinski definition) is 0. The topological polar surface area (TPSA) is 72.5 Å². The molecule has 7 nitrogen and oxygen atoms in total. The zero-order valence-corrected chi connectivity index (χ0v) is 26.7. The van der Waals surface area contributed by atoms with Crippen LogP contribution in [0.4, 0.5) is 0 Å². The molecule has 0 N–H and O–H groups in total. The minimum absolute atomic E-state index is 0.203. The van der Waals surface area contributed by atoms with Gasteiger partial charge < -0.3 is 28.4 Å². The van der Waals surface area contributed by atoms with E-state index in [-0.39, 0.29) is 6.61 Å². The summed E-state index contributed by atoms with van der Waals surface area (Å²) in [6.07, 6.45) is -2.59. The van der Waals surface area contributed by atoms with Gasteiger partial charge in [-0.05, 0) is 47.9 Å². The molecule has 0 radical (unpaired) electrons. The number of ether oxygens (including phenoxy) is 6. The first kappa shape index (κ1) is 32.7. The van der Waals surface area contributed by atoms with Gasteiger partial charge >= 0.3 is 5.97 Å². The molecular formula is C37H40O7S. The van der Waals surface area contributed by atoms with Crippen LogP contribution in [0, 0.1) is 6.92 Å². The molecule has 0 aliphatic carbocycles. The van der Waals surface area contributed by atoms with Gasteiger partial charge in [0.1, 0.15) is 29.5 Å². The Kier molecular flexibility index (Phi) is 12.1. The fourth-order valence-corrected chi connectivity index (χ4v) is 6.23. The Morgan fingerprint density at radius 2 is 1.29 bits per heavy atom. The van der Waals surface area contributed by atoms with Gasteiger partial charge in [0.2, 0.25) is 0 Å². The van der Waals surface area contributed by atoms with Gasteiger partial charge in [0.25, 0.3) is 0 Å². The lowest BCUT2D eigenvalue weighted by atomic mass is 9.99. The SMILES string of the molecule is COc1ccc(CO[C@@H]2[C@@H](OCc3ccccc3)[C@@H](OC(C)=O)[C@@H](COCc3ccccc3)O[C@H]2Sc2ccc(C)cc2)cc1. The van der Waals surface area contributed by atoms with Gasteiger partial charge in [-0.2, -0.15) is 0 Å². The predicted molar refractivity (Wildman–Crippen MR) is 174 cm³/mol. The highest BCUT2D eigenvalue weighted by Crippen LogP contribution is 2.38. The summed E-state index contributed by atoms with van der Waals surface area (Å²) in [5.41, 5.74) is 3.69. The minimum Gasteiger partial charge on any atom is -0.497 e. The average molecular weight is 629 g/mol. The molecule has 4 aromatic carbocycles. The average Bonchev–Trinajstić information content (AvgIpc) is 3.06. The van der Waals surface area contributed by atoms with Gasteiger partial charge in [0.05, 0.1) is 33.5 Å². The molecule has 5 rings (SSSR count). The highest BCUT2D eigenvalue weighted by Gasteiger charge is 2.50. The van der Waals surface area contributed by atoms with Crippen LogP contribution in [-0.2, 0) is 48.3 Å². The lowest BCUT2D eigenvalue weighted by Crippen LogP contribution is -2.60. The Balaban J connectivity index is 1.44. The monoisotopic (exact) mass is 628 g/mol. The molecule has 5 atom stereocenters. The number of aryl methyl sites for hydroxylation is 1. The maximum Gasteiger partial charge on any atom is 0.303 e. The molecule has 236 valence electrons. The number of esters is 1. The molecule has 0 saturated carbocycles. The molecule has 1 heterocycles. The summed E-state index contributed by atoms with van der Waals surface area (Å²) in [4.78, 5) is 13.5. The maximum atomic E-state index is 12.5. The van der Waals surface area contributed by atoms with Crippen LogP contribution in [0.15, 0.2) is 114 Å². The Hall–Kier alpha value is -3.66. The highest BCUT2D eigenvalue weighted by molar-refractivity contribution is 7.99. The molecule has 0 spiro atoms. The first-order valence-electron chi connectivity index (χ1n) is 15.1. The Morgan fingerprint density at radius 1 is 0.711 bits per heavy atom. The van der Waals surface area contributed by atoms with E-state index in [1.807, 2.05) is 84.9 Å². The Labute approximate surface area is 269 Å². The van der Waals surface area contributed by atoms with Crippen LogP contribution in [-0.4, -0.2) is 49.5 Å². The third-order valence-electron chi connectivity index (χ3n) is 7.45. The van der Waals surface area contributed by atoms with Crippen LogP contribution in [0.1, 0.15) is 29.2 Å². The van der Waals surface area contributed by atoms with Crippen molar-refractivity contribution >= 4 is 17.7 Å². The maximum absolute atomic E-state index is 12.5. The molecule has 0 bridgehead atoms. The lowest BCUT2D eigenvalue weighted by molar-refractivity contribution is -0.248. The van der Waals surface area contributed by atoms with E-state index >= 15 is 0 Å². The van der Waals surface area contributed by atoms with Gasteiger partial charge in [-0.3, -0.25) is 4.79 Å². The number of rotatable bonds is 14. The van der Waals surface area contributed by atoms with Crippen molar-refractivity contribution in [2.24, 2.45) is 0 Å². The molecule has 0 aromatic heterocycles. The van der Waals surface area contributed by atoms with Gasteiger partial charge in [0.15, 0.2) is 6.10 Å². The zero-order chi connectivity index (χ0) is 31.4. The summed E-state index contributed by atoms with van der Waals surface area (Å²) in [5, 5.41) is 0. The van der Waals surface area contributed by atoms with Gasteiger partial charge in [0, 0.05) is 11.8 Å². The molecule has 0 amide bonds. The number of methoxy groups -OCH3 is 1. The van der Waals surface area contributed by atoms with Crippen LogP contribution in [0.2, 0.25) is 0 Å². The summed E-state index contributed by atoms with van der Waals surface area (Å²) in [7, 11) is 1.64. The number of hydrogen-bond acceptors (Lipinski definition) is 8.